The third kappa shape index (κ3) is 7.25. The third-order valence-electron chi connectivity index (χ3n) is 2.65. The van der Waals surface area contributed by atoms with Crippen molar-refractivity contribution < 1.29 is 9.59 Å². The molecule has 5 heteroatoms. The highest BCUT2D eigenvalue weighted by molar-refractivity contribution is 5.92. The zero-order valence-corrected chi connectivity index (χ0v) is 13.1. The Morgan fingerprint density at radius 1 is 1.32 bits per heavy atom. The van der Waals surface area contributed by atoms with Crippen LogP contribution in [-0.4, -0.2) is 11.8 Å². The second-order valence-corrected chi connectivity index (χ2v) is 6.00. The average Bonchev–Trinajstić information content (AvgIpc) is 2.43. The van der Waals surface area contributed by atoms with Crippen LogP contribution >= 0.6 is 0 Å². The Bertz CT molecular complexity index is 607. The van der Waals surface area contributed by atoms with Gasteiger partial charge in [0.1, 0.15) is 6.42 Å². The summed E-state index contributed by atoms with van der Waals surface area (Å²) in [5.74, 6) is -0.509. The molecule has 1 aromatic carbocycles. The molecule has 0 aliphatic rings. The Labute approximate surface area is 131 Å². The number of allylic oxidation sites excluding steroid dienone is 1. The van der Waals surface area contributed by atoms with Gasteiger partial charge in [0.15, 0.2) is 0 Å². The minimum atomic E-state index is -0.350. The van der Waals surface area contributed by atoms with E-state index >= 15 is 0 Å². The maximum atomic E-state index is 11.7. The number of hydrogen-bond acceptors (Lipinski definition) is 3. The Hall–Kier alpha value is -2.61. The topological polar surface area (TPSA) is 82.0 Å². The van der Waals surface area contributed by atoms with Crippen LogP contribution in [0.2, 0.25) is 0 Å². The van der Waals surface area contributed by atoms with Gasteiger partial charge in [0.25, 0.3) is 0 Å². The second-order valence-electron chi connectivity index (χ2n) is 6.00. The van der Waals surface area contributed by atoms with Crippen LogP contribution in [-0.2, 0) is 16.1 Å². The lowest BCUT2D eigenvalue weighted by molar-refractivity contribution is -0.117. The zero-order chi connectivity index (χ0) is 16.6. The first-order valence-corrected chi connectivity index (χ1v) is 7.03. The smallest absolute Gasteiger partial charge is 0.243 e. The van der Waals surface area contributed by atoms with Crippen LogP contribution in [0.4, 0.5) is 5.69 Å². The lowest BCUT2D eigenvalue weighted by Crippen LogP contribution is -2.21. The molecular weight excluding hydrogens is 278 g/mol. The van der Waals surface area contributed by atoms with Crippen LogP contribution in [0.25, 0.3) is 0 Å². The van der Waals surface area contributed by atoms with E-state index in [1.54, 1.807) is 24.3 Å². The van der Waals surface area contributed by atoms with E-state index in [1.165, 1.54) is 6.08 Å². The minimum Gasteiger partial charge on any atom is -0.348 e. The predicted molar refractivity (Wildman–Crippen MR) is 85.7 cm³/mol. The summed E-state index contributed by atoms with van der Waals surface area (Å²) in [5.41, 5.74) is 1.44. The number of nitrogens with one attached hydrogen (secondary N) is 2. The number of rotatable bonds is 5. The molecule has 0 bridgehead atoms. The van der Waals surface area contributed by atoms with Gasteiger partial charge in [-0.25, -0.2) is 0 Å². The SMILES string of the molecule is CC(C)(C)/C=C/C(=O)NCc1cccc(NC(=O)CC#N)c1. The van der Waals surface area contributed by atoms with Gasteiger partial charge in [-0.05, 0) is 29.2 Å². The van der Waals surface area contributed by atoms with Crippen LogP contribution in [0.5, 0.6) is 0 Å². The summed E-state index contributed by atoms with van der Waals surface area (Å²) in [6.45, 7) is 6.42. The van der Waals surface area contributed by atoms with E-state index in [1.807, 2.05) is 32.9 Å². The number of hydrogen-bond donors (Lipinski definition) is 2. The van der Waals surface area contributed by atoms with Gasteiger partial charge in [-0.1, -0.05) is 39.0 Å². The maximum absolute atomic E-state index is 11.7. The number of benzene rings is 1. The van der Waals surface area contributed by atoms with Crippen LogP contribution in [0.15, 0.2) is 36.4 Å². The summed E-state index contributed by atoms with van der Waals surface area (Å²) in [4.78, 5) is 23.1. The van der Waals surface area contributed by atoms with Gasteiger partial charge in [-0.2, -0.15) is 5.26 Å². The van der Waals surface area contributed by atoms with Crippen LogP contribution < -0.4 is 10.6 Å². The predicted octanol–water partition coefficient (Wildman–Crippen LogP) is 2.76. The molecule has 0 saturated heterocycles. The first kappa shape index (κ1) is 17.4. The van der Waals surface area contributed by atoms with E-state index in [0.29, 0.717) is 12.2 Å². The van der Waals surface area contributed by atoms with Crippen molar-refractivity contribution in [2.24, 2.45) is 5.41 Å². The fraction of sp³-hybridized carbons (Fsp3) is 0.353. The summed E-state index contributed by atoms with van der Waals surface area (Å²) in [7, 11) is 0. The van der Waals surface area contributed by atoms with Gasteiger partial charge in [-0.15, -0.1) is 0 Å². The average molecular weight is 299 g/mol. The number of amides is 2. The van der Waals surface area contributed by atoms with Crippen LogP contribution in [0.1, 0.15) is 32.8 Å². The summed E-state index contributed by atoms with van der Waals surface area (Å²) >= 11 is 0. The molecule has 22 heavy (non-hydrogen) atoms. The second kappa shape index (κ2) is 7.99. The molecule has 0 atom stereocenters. The summed E-state index contributed by atoms with van der Waals surface area (Å²) < 4.78 is 0. The molecule has 0 fully saturated rings. The highest BCUT2D eigenvalue weighted by Gasteiger charge is 2.06. The fourth-order valence-corrected chi connectivity index (χ4v) is 1.61. The highest BCUT2D eigenvalue weighted by atomic mass is 16.2. The maximum Gasteiger partial charge on any atom is 0.243 e. The molecule has 0 aliphatic carbocycles. The first-order chi connectivity index (χ1) is 10.3. The summed E-state index contributed by atoms with van der Waals surface area (Å²) in [6.07, 6.45) is 3.19. The minimum absolute atomic E-state index is 0.0394. The van der Waals surface area contributed by atoms with Crippen molar-refractivity contribution in [2.45, 2.75) is 33.7 Å². The van der Waals surface area contributed by atoms with Gasteiger partial charge in [-0.3, -0.25) is 9.59 Å². The molecule has 0 aliphatic heterocycles. The fourth-order valence-electron chi connectivity index (χ4n) is 1.61. The number of carbonyl (C=O) groups is 2. The van der Waals surface area contributed by atoms with Crippen molar-refractivity contribution in [2.75, 3.05) is 5.32 Å². The summed E-state index contributed by atoms with van der Waals surface area (Å²) in [6, 6.07) is 8.94. The number of nitriles is 1. The molecule has 0 heterocycles. The number of nitrogens with zero attached hydrogens (tertiary/aromatic N) is 1. The van der Waals surface area contributed by atoms with Crippen molar-refractivity contribution in [1.82, 2.24) is 5.32 Å². The van der Waals surface area contributed by atoms with Crippen molar-refractivity contribution in [1.29, 1.82) is 5.26 Å². The molecule has 0 aromatic heterocycles. The normalized spacial score (nSPS) is 11.0. The van der Waals surface area contributed by atoms with Gasteiger partial charge >= 0.3 is 0 Å². The van der Waals surface area contributed by atoms with E-state index in [4.69, 9.17) is 5.26 Å². The van der Waals surface area contributed by atoms with E-state index in [-0.39, 0.29) is 23.7 Å². The molecule has 2 N–H and O–H groups in total. The van der Waals surface area contributed by atoms with Gasteiger partial charge in [0, 0.05) is 12.2 Å². The van der Waals surface area contributed by atoms with Crippen LogP contribution in [0, 0.1) is 16.7 Å². The molecule has 1 rings (SSSR count). The number of carbonyl (C=O) groups excluding carboxylic acids is 2. The standard InChI is InChI=1S/C17H21N3O2/c1-17(2,3)9-7-15(21)19-12-13-5-4-6-14(11-13)20-16(22)8-10-18/h4-7,9,11H,8,12H2,1-3H3,(H,19,21)(H,20,22)/b9-7+. The zero-order valence-electron chi connectivity index (χ0n) is 13.1. The molecular formula is C17H21N3O2. The van der Waals surface area contributed by atoms with Gasteiger partial charge in [0.05, 0.1) is 6.07 Å². The third-order valence-corrected chi connectivity index (χ3v) is 2.65. The quantitative estimate of drug-likeness (QED) is 0.820. The lowest BCUT2D eigenvalue weighted by Gasteiger charge is -2.11. The molecule has 2 amide bonds. The Morgan fingerprint density at radius 3 is 2.68 bits per heavy atom. The van der Waals surface area contributed by atoms with Gasteiger partial charge < -0.3 is 10.6 Å². The van der Waals surface area contributed by atoms with Crippen molar-refractivity contribution in [3.8, 4) is 6.07 Å². The van der Waals surface area contributed by atoms with Crippen molar-refractivity contribution >= 4 is 17.5 Å². The lowest BCUT2D eigenvalue weighted by atomic mass is 9.96. The molecule has 0 spiro atoms. The Kier molecular flexibility index (Phi) is 6.33. The van der Waals surface area contributed by atoms with Crippen molar-refractivity contribution in [3.05, 3.63) is 42.0 Å². The molecule has 5 nitrogen and oxygen atoms in total. The summed E-state index contributed by atoms with van der Waals surface area (Å²) in [5, 5.41) is 13.9. The molecule has 1 aromatic rings. The van der Waals surface area contributed by atoms with E-state index in [9.17, 15) is 9.59 Å². The van der Waals surface area contributed by atoms with E-state index in [0.717, 1.165) is 5.56 Å². The molecule has 0 saturated carbocycles. The molecule has 0 radical (unpaired) electrons. The van der Waals surface area contributed by atoms with Gasteiger partial charge in [0.2, 0.25) is 11.8 Å². The van der Waals surface area contributed by atoms with Crippen molar-refractivity contribution in [3.63, 3.8) is 0 Å². The number of anilines is 1. The monoisotopic (exact) mass is 299 g/mol. The van der Waals surface area contributed by atoms with E-state index < -0.39 is 0 Å². The first-order valence-electron chi connectivity index (χ1n) is 7.03. The Morgan fingerprint density at radius 2 is 2.05 bits per heavy atom. The highest BCUT2D eigenvalue weighted by Crippen LogP contribution is 2.14. The largest absolute Gasteiger partial charge is 0.348 e. The van der Waals surface area contributed by atoms with E-state index in [2.05, 4.69) is 10.6 Å². The van der Waals surface area contributed by atoms with Crippen LogP contribution in [0.3, 0.4) is 0 Å². The Balaban J connectivity index is 2.57. The molecule has 0 unspecified atom stereocenters. The molecule has 116 valence electrons.